The number of nitrogens with two attached hydrogens (primary N) is 1. The second kappa shape index (κ2) is 4.33. The Kier molecular flexibility index (Phi) is 2.79. The van der Waals surface area contributed by atoms with Crippen LogP contribution in [-0.4, -0.2) is 19.5 Å². The lowest BCUT2D eigenvalue weighted by molar-refractivity contribution is 0.816. The zero-order valence-electron chi connectivity index (χ0n) is 9.59. The number of imidazole rings is 1. The van der Waals surface area contributed by atoms with Crippen LogP contribution in [0.2, 0.25) is 0 Å². The van der Waals surface area contributed by atoms with Crippen molar-refractivity contribution in [2.24, 2.45) is 0 Å². The highest BCUT2D eigenvalue weighted by Gasteiger charge is 2.11. The molecular weight excluding hydrogens is 314 g/mol. The van der Waals surface area contributed by atoms with Crippen LogP contribution < -0.4 is 5.73 Å². The van der Waals surface area contributed by atoms with Gasteiger partial charge >= 0.3 is 0 Å². The Labute approximate surface area is 116 Å². The Hall–Kier alpha value is -1.47. The highest BCUT2D eigenvalue weighted by molar-refractivity contribution is 9.10. The van der Waals surface area contributed by atoms with Crippen LogP contribution in [0.25, 0.3) is 11.2 Å². The Balaban J connectivity index is 2.08. The van der Waals surface area contributed by atoms with Crippen molar-refractivity contribution in [2.75, 3.05) is 5.73 Å². The van der Waals surface area contributed by atoms with Crippen LogP contribution >= 0.6 is 27.3 Å². The van der Waals surface area contributed by atoms with Gasteiger partial charge in [0.15, 0.2) is 5.65 Å². The van der Waals surface area contributed by atoms with Crippen LogP contribution in [0, 0.1) is 6.92 Å². The van der Waals surface area contributed by atoms with Crippen molar-refractivity contribution in [2.45, 2.75) is 13.5 Å². The third kappa shape index (κ3) is 1.99. The third-order valence-electron chi connectivity index (χ3n) is 2.54. The van der Waals surface area contributed by atoms with E-state index >= 15 is 0 Å². The summed E-state index contributed by atoms with van der Waals surface area (Å²) in [5, 5.41) is 3.03. The molecule has 0 atom stereocenters. The molecule has 7 heteroatoms. The van der Waals surface area contributed by atoms with E-state index in [-0.39, 0.29) is 0 Å². The number of nitrogen functional groups attached to an aromatic ring is 1. The standard InChI is InChI=1S/C11H10BrN5S/c1-6-5-18-9(15-6)4-17-10-8(16-11(17)13)2-7(12)3-14-10/h2-3,5H,4H2,1H3,(H2,13,16). The Bertz CT molecular complexity index is 717. The molecule has 0 spiro atoms. The van der Waals surface area contributed by atoms with E-state index in [9.17, 15) is 0 Å². The third-order valence-corrected chi connectivity index (χ3v) is 3.93. The fraction of sp³-hybridized carbons (Fsp3) is 0.182. The number of thiazole rings is 1. The zero-order chi connectivity index (χ0) is 12.7. The zero-order valence-corrected chi connectivity index (χ0v) is 12.0. The summed E-state index contributed by atoms with van der Waals surface area (Å²) in [6.45, 7) is 2.58. The van der Waals surface area contributed by atoms with Crippen molar-refractivity contribution in [3.8, 4) is 0 Å². The fourth-order valence-corrected chi connectivity index (χ4v) is 2.85. The van der Waals surface area contributed by atoms with Crippen LogP contribution in [0.15, 0.2) is 22.1 Å². The first-order valence-electron chi connectivity index (χ1n) is 5.32. The number of fused-ring (bicyclic) bond motifs is 1. The first-order chi connectivity index (χ1) is 8.63. The predicted molar refractivity (Wildman–Crippen MR) is 75.6 cm³/mol. The minimum absolute atomic E-state index is 0.462. The van der Waals surface area contributed by atoms with Gasteiger partial charge in [-0.3, -0.25) is 4.57 Å². The van der Waals surface area contributed by atoms with E-state index in [4.69, 9.17) is 5.73 Å². The molecule has 92 valence electrons. The Morgan fingerprint density at radius 3 is 3.00 bits per heavy atom. The van der Waals surface area contributed by atoms with Crippen molar-refractivity contribution in [3.63, 3.8) is 0 Å². The molecule has 0 aliphatic heterocycles. The van der Waals surface area contributed by atoms with Gasteiger partial charge in [-0.1, -0.05) is 0 Å². The average molecular weight is 324 g/mol. The largest absolute Gasteiger partial charge is 0.369 e. The summed E-state index contributed by atoms with van der Waals surface area (Å²) in [5.41, 5.74) is 8.52. The summed E-state index contributed by atoms with van der Waals surface area (Å²) in [6.07, 6.45) is 1.74. The van der Waals surface area contributed by atoms with Crippen LogP contribution in [0.3, 0.4) is 0 Å². The molecule has 0 amide bonds. The van der Waals surface area contributed by atoms with Crippen molar-refractivity contribution < 1.29 is 0 Å². The second-order valence-electron chi connectivity index (χ2n) is 3.94. The molecule has 0 fully saturated rings. The van der Waals surface area contributed by atoms with E-state index in [1.54, 1.807) is 17.5 Å². The molecule has 3 aromatic rings. The molecule has 5 nitrogen and oxygen atoms in total. The number of aryl methyl sites for hydroxylation is 1. The molecule has 3 rings (SSSR count). The number of hydrogen-bond acceptors (Lipinski definition) is 5. The number of rotatable bonds is 2. The van der Waals surface area contributed by atoms with Gasteiger partial charge in [-0.2, -0.15) is 0 Å². The molecule has 0 aliphatic rings. The van der Waals surface area contributed by atoms with E-state index in [0.29, 0.717) is 12.5 Å². The lowest BCUT2D eigenvalue weighted by atomic mass is 10.4. The molecule has 3 heterocycles. The summed E-state index contributed by atoms with van der Waals surface area (Å²) in [6, 6.07) is 1.91. The summed E-state index contributed by atoms with van der Waals surface area (Å²) >= 11 is 4.99. The van der Waals surface area contributed by atoms with Crippen LogP contribution in [0.4, 0.5) is 5.95 Å². The SMILES string of the molecule is Cc1csc(Cn2c(N)nc3cc(Br)cnc32)n1. The second-order valence-corrected chi connectivity index (χ2v) is 5.79. The maximum atomic E-state index is 5.93. The molecule has 0 saturated carbocycles. The van der Waals surface area contributed by atoms with Crippen molar-refractivity contribution in [1.82, 2.24) is 19.5 Å². The molecular formula is C11H10BrN5S. The number of hydrogen-bond donors (Lipinski definition) is 1. The van der Waals surface area contributed by atoms with Crippen LogP contribution in [0.1, 0.15) is 10.7 Å². The normalized spacial score (nSPS) is 11.2. The molecule has 3 aromatic heterocycles. The van der Waals surface area contributed by atoms with E-state index in [1.165, 1.54) is 0 Å². The van der Waals surface area contributed by atoms with Crippen molar-refractivity contribution in [3.05, 3.63) is 32.8 Å². The summed E-state index contributed by atoms with van der Waals surface area (Å²) in [5.74, 6) is 0.462. The first-order valence-corrected chi connectivity index (χ1v) is 6.99. The predicted octanol–water partition coefficient (Wildman–Crippen LogP) is 2.59. The summed E-state index contributed by atoms with van der Waals surface area (Å²) in [4.78, 5) is 13.1. The van der Waals surface area contributed by atoms with Gasteiger partial charge < -0.3 is 5.73 Å². The molecule has 0 aliphatic carbocycles. The Morgan fingerprint density at radius 1 is 1.44 bits per heavy atom. The highest BCUT2D eigenvalue weighted by atomic mass is 79.9. The molecule has 0 aromatic carbocycles. The summed E-state index contributed by atoms with van der Waals surface area (Å²) < 4.78 is 2.77. The van der Waals surface area contributed by atoms with Gasteiger partial charge in [-0.25, -0.2) is 15.0 Å². The fourth-order valence-electron chi connectivity index (χ4n) is 1.77. The Morgan fingerprint density at radius 2 is 2.28 bits per heavy atom. The highest BCUT2D eigenvalue weighted by Crippen LogP contribution is 2.21. The van der Waals surface area contributed by atoms with E-state index in [1.807, 2.05) is 22.9 Å². The van der Waals surface area contributed by atoms with Gasteiger partial charge in [-0.15, -0.1) is 11.3 Å². The molecule has 0 saturated heterocycles. The molecule has 0 radical (unpaired) electrons. The maximum absolute atomic E-state index is 5.93. The lowest BCUT2D eigenvalue weighted by Gasteiger charge is -2.02. The number of pyridine rings is 1. The number of nitrogens with zero attached hydrogens (tertiary/aromatic N) is 4. The van der Waals surface area contributed by atoms with Gasteiger partial charge in [0.05, 0.1) is 6.54 Å². The smallest absolute Gasteiger partial charge is 0.202 e. The maximum Gasteiger partial charge on any atom is 0.202 e. The van der Waals surface area contributed by atoms with Crippen molar-refractivity contribution >= 4 is 44.4 Å². The molecule has 0 bridgehead atoms. The number of halogens is 1. The van der Waals surface area contributed by atoms with Gasteiger partial charge in [-0.05, 0) is 28.9 Å². The van der Waals surface area contributed by atoms with Crippen LogP contribution in [0.5, 0.6) is 0 Å². The number of anilines is 1. The minimum atomic E-state index is 0.462. The van der Waals surface area contributed by atoms with E-state index in [2.05, 4.69) is 30.9 Å². The quantitative estimate of drug-likeness (QED) is 0.787. The molecule has 18 heavy (non-hydrogen) atoms. The first kappa shape index (κ1) is 11.6. The number of aromatic nitrogens is 4. The van der Waals surface area contributed by atoms with Crippen LogP contribution in [-0.2, 0) is 6.54 Å². The lowest BCUT2D eigenvalue weighted by Crippen LogP contribution is -2.05. The average Bonchev–Trinajstić information content (AvgIpc) is 2.84. The van der Waals surface area contributed by atoms with E-state index in [0.717, 1.165) is 26.3 Å². The molecule has 0 unspecified atom stereocenters. The van der Waals surface area contributed by atoms with Gasteiger partial charge in [0.25, 0.3) is 0 Å². The monoisotopic (exact) mass is 323 g/mol. The van der Waals surface area contributed by atoms with Gasteiger partial charge in [0.1, 0.15) is 10.5 Å². The molecule has 2 N–H and O–H groups in total. The minimum Gasteiger partial charge on any atom is -0.369 e. The van der Waals surface area contributed by atoms with E-state index < -0.39 is 0 Å². The van der Waals surface area contributed by atoms with Gasteiger partial charge in [0.2, 0.25) is 5.95 Å². The van der Waals surface area contributed by atoms with Gasteiger partial charge in [0, 0.05) is 21.7 Å². The topological polar surface area (TPSA) is 69.6 Å². The van der Waals surface area contributed by atoms with Crippen molar-refractivity contribution in [1.29, 1.82) is 0 Å². The summed E-state index contributed by atoms with van der Waals surface area (Å²) in [7, 11) is 0.